The molecule has 29 heavy (non-hydrogen) atoms. The van der Waals surface area contributed by atoms with Gasteiger partial charge >= 0.3 is 0 Å². The van der Waals surface area contributed by atoms with E-state index in [9.17, 15) is 9.59 Å². The minimum Gasteiger partial charge on any atom is -0.486 e. The SMILES string of the molecule is CCOc1cc(=O)c(C(=O)Nc2ccc3c(c2)OCCO3)nn1-c1ccccc1. The average Bonchev–Trinajstić information content (AvgIpc) is 2.74. The summed E-state index contributed by atoms with van der Waals surface area (Å²) in [4.78, 5) is 25.3. The van der Waals surface area contributed by atoms with Crippen LogP contribution in [0.2, 0.25) is 0 Å². The average molecular weight is 393 g/mol. The first-order chi connectivity index (χ1) is 14.2. The van der Waals surface area contributed by atoms with Gasteiger partial charge in [-0.2, -0.15) is 5.10 Å². The molecule has 0 radical (unpaired) electrons. The van der Waals surface area contributed by atoms with Crippen molar-refractivity contribution in [3.05, 3.63) is 70.5 Å². The molecule has 4 rings (SSSR count). The van der Waals surface area contributed by atoms with E-state index in [2.05, 4.69) is 10.4 Å². The van der Waals surface area contributed by atoms with Crippen molar-refractivity contribution in [2.24, 2.45) is 0 Å². The number of nitrogens with one attached hydrogen (secondary N) is 1. The van der Waals surface area contributed by atoms with E-state index in [1.807, 2.05) is 37.3 Å². The van der Waals surface area contributed by atoms with Crippen LogP contribution in [-0.4, -0.2) is 35.5 Å². The third-order valence-electron chi connectivity index (χ3n) is 4.20. The summed E-state index contributed by atoms with van der Waals surface area (Å²) in [5, 5.41) is 6.94. The Morgan fingerprint density at radius 3 is 2.62 bits per heavy atom. The maximum Gasteiger partial charge on any atom is 0.280 e. The lowest BCUT2D eigenvalue weighted by molar-refractivity contribution is 0.101. The van der Waals surface area contributed by atoms with Crippen LogP contribution in [-0.2, 0) is 0 Å². The number of hydrogen-bond donors (Lipinski definition) is 1. The molecule has 0 atom stereocenters. The molecule has 0 aliphatic carbocycles. The zero-order valence-electron chi connectivity index (χ0n) is 15.8. The fraction of sp³-hybridized carbons (Fsp3) is 0.190. The molecule has 8 heteroatoms. The lowest BCUT2D eigenvalue weighted by atomic mass is 10.2. The van der Waals surface area contributed by atoms with E-state index in [4.69, 9.17) is 14.2 Å². The number of nitrogens with zero attached hydrogens (tertiary/aromatic N) is 2. The second-order valence-corrected chi connectivity index (χ2v) is 6.19. The molecular formula is C21H19N3O5. The number of benzene rings is 2. The van der Waals surface area contributed by atoms with Crippen molar-refractivity contribution in [3.8, 4) is 23.1 Å². The number of aromatic nitrogens is 2. The van der Waals surface area contributed by atoms with Crippen molar-refractivity contribution in [2.45, 2.75) is 6.92 Å². The molecule has 0 fully saturated rings. The molecule has 0 spiro atoms. The van der Waals surface area contributed by atoms with E-state index in [-0.39, 0.29) is 11.6 Å². The van der Waals surface area contributed by atoms with Crippen LogP contribution in [0.4, 0.5) is 5.69 Å². The van der Waals surface area contributed by atoms with E-state index >= 15 is 0 Å². The molecule has 2 aromatic carbocycles. The molecule has 1 aliphatic rings. The molecule has 1 aromatic heterocycles. The van der Waals surface area contributed by atoms with E-state index in [0.717, 1.165) is 0 Å². The number of rotatable bonds is 5. The molecule has 148 valence electrons. The Hall–Kier alpha value is -3.81. The Morgan fingerprint density at radius 1 is 1.10 bits per heavy atom. The topological polar surface area (TPSA) is 91.7 Å². The predicted octanol–water partition coefficient (Wildman–Crippen LogP) is 2.65. The summed E-state index contributed by atoms with van der Waals surface area (Å²) in [6.07, 6.45) is 0. The fourth-order valence-corrected chi connectivity index (χ4v) is 2.91. The monoisotopic (exact) mass is 393 g/mol. The molecule has 2 heterocycles. The van der Waals surface area contributed by atoms with Gasteiger partial charge in [0.15, 0.2) is 17.2 Å². The maximum atomic E-state index is 12.8. The van der Waals surface area contributed by atoms with Gasteiger partial charge in [0.2, 0.25) is 11.3 Å². The quantitative estimate of drug-likeness (QED) is 0.717. The highest BCUT2D eigenvalue weighted by atomic mass is 16.6. The fourth-order valence-electron chi connectivity index (χ4n) is 2.91. The molecule has 0 saturated heterocycles. The number of carbonyl (C=O) groups is 1. The molecule has 8 nitrogen and oxygen atoms in total. The van der Waals surface area contributed by atoms with Crippen LogP contribution in [0.25, 0.3) is 5.69 Å². The van der Waals surface area contributed by atoms with Crippen molar-refractivity contribution in [1.29, 1.82) is 0 Å². The number of fused-ring (bicyclic) bond motifs is 1. The molecule has 0 bridgehead atoms. The molecule has 1 aliphatic heterocycles. The lowest BCUT2D eigenvalue weighted by Gasteiger charge is -2.19. The van der Waals surface area contributed by atoms with E-state index in [1.54, 1.807) is 18.2 Å². The Balaban J connectivity index is 1.67. The van der Waals surface area contributed by atoms with Gasteiger partial charge in [-0.15, -0.1) is 0 Å². The first-order valence-electron chi connectivity index (χ1n) is 9.19. The van der Waals surface area contributed by atoms with Gasteiger partial charge < -0.3 is 19.5 Å². The largest absolute Gasteiger partial charge is 0.486 e. The summed E-state index contributed by atoms with van der Waals surface area (Å²) in [5.41, 5.74) is 0.368. The number of amides is 1. The lowest BCUT2D eigenvalue weighted by Crippen LogP contribution is -2.26. The standard InChI is InChI=1S/C21H19N3O5/c1-2-27-19-13-16(25)20(23-24(19)15-6-4-3-5-7-15)21(26)22-14-8-9-17-18(12-14)29-11-10-28-17/h3-9,12-13H,2,10-11H2,1H3,(H,22,26). The van der Waals surface area contributed by atoms with Crippen LogP contribution in [0.15, 0.2) is 59.4 Å². The van der Waals surface area contributed by atoms with Crippen LogP contribution < -0.4 is 25.0 Å². The Labute approximate surface area is 166 Å². The van der Waals surface area contributed by atoms with Crippen molar-refractivity contribution < 1.29 is 19.0 Å². The zero-order chi connectivity index (χ0) is 20.2. The van der Waals surface area contributed by atoms with Gasteiger partial charge in [-0.05, 0) is 31.2 Å². The molecular weight excluding hydrogens is 374 g/mol. The maximum absolute atomic E-state index is 12.8. The number of hydrogen-bond acceptors (Lipinski definition) is 6. The summed E-state index contributed by atoms with van der Waals surface area (Å²) in [6.45, 7) is 3.08. The third-order valence-corrected chi connectivity index (χ3v) is 4.20. The van der Waals surface area contributed by atoms with Crippen molar-refractivity contribution >= 4 is 11.6 Å². The van der Waals surface area contributed by atoms with Crippen LogP contribution in [0.3, 0.4) is 0 Å². The Kier molecular flexibility index (Phi) is 5.15. The summed E-state index contributed by atoms with van der Waals surface area (Å²) >= 11 is 0. The van der Waals surface area contributed by atoms with Crippen LogP contribution in [0.5, 0.6) is 17.4 Å². The highest BCUT2D eigenvalue weighted by Crippen LogP contribution is 2.32. The summed E-state index contributed by atoms with van der Waals surface area (Å²) in [5.74, 6) is 0.786. The molecule has 3 aromatic rings. The second kappa shape index (κ2) is 8.05. The van der Waals surface area contributed by atoms with Crippen molar-refractivity contribution in [3.63, 3.8) is 0 Å². The van der Waals surface area contributed by atoms with Crippen molar-refractivity contribution in [2.75, 3.05) is 25.1 Å². The summed E-state index contributed by atoms with van der Waals surface area (Å²) in [7, 11) is 0. The number of ether oxygens (including phenoxy) is 3. The zero-order valence-corrected chi connectivity index (χ0v) is 15.8. The van der Waals surface area contributed by atoms with Crippen molar-refractivity contribution in [1.82, 2.24) is 9.78 Å². The first kappa shape index (κ1) is 18.5. The van der Waals surface area contributed by atoms with Gasteiger partial charge in [0, 0.05) is 11.8 Å². The smallest absolute Gasteiger partial charge is 0.280 e. The molecule has 1 amide bonds. The number of anilines is 1. The van der Waals surface area contributed by atoms with E-state index in [0.29, 0.717) is 42.7 Å². The first-order valence-corrected chi connectivity index (χ1v) is 9.19. The van der Waals surface area contributed by atoms with Gasteiger partial charge in [0.1, 0.15) is 13.2 Å². The van der Waals surface area contributed by atoms with Crippen LogP contribution in [0, 0.1) is 0 Å². The third kappa shape index (κ3) is 3.91. The normalized spacial score (nSPS) is 12.3. The second-order valence-electron chi connectivity index (χ2n) is 6.19. The minimum atomic E-state index is -0.626. The van der Waals surface area contributed by atoms with E-state index < -0.39 is 11.3 Å². The summed E-state index contributed by atoms with van der Waals surface area (Å²) in [6, 6.07) is 15.4. The highest BCUT2D eigenvalue weighted by molar-refractivity contribution is 6.02. The summed E-state index contributed by atoms with van der Waals surface area (Å²) < 4.78 is 18.0. The van der Waals surface area contributed by atoms with E-state index in [1.165, 1.54) is 10.7 Å². The van der Waals surface area contributed by atoms with Gasteiger partial charge in [-0.25, -0.2) is 4.68 Å². The molecule has 1 N–H and O–H groups in total. The Morgan fingerprint density at radius 2 is 1.86 bits per heavy atom. The minimum absolute atomic E-state index is 0.243. The van der Waals surface area contributed by atoms with Crippen LogP contribution >= 0.6 is 0 Å². The van der Waals surface area contributed by atoms with Crippen LogP contribution in [0.1, 0.15) is 17.4 Å². The van der Waals surface area contributed by atoms with Gasteiger partial charge in [0.25, 0.3) is 5.91 Å². The molecule has 0 unspecified atom stereocenters. The Bertz CT molecular complexity index is 1100. The van der Waals surface area contributed by atoms with Gasteiger partial charge in [0.05, 0.1) is 18.4 Å². The predicted molar refractivity (Wildman–Crippen MR) is 106 cm³/mol. The number of carbonyl (C=O) groups excluding carboxylic acids is 1. The highest BCUT2D eigenvalue weighted by Gasteiger charge is 2.19. The van der Waals surface area contributed by atoms with Gasteiger partial charge in [-0.3, -0.25) is 9.59 Å². The van der Waals surface area contributed by atoms with Gasteiger partial charge in [-0.1, -0.05) is 18.2 Å². The molecule has 0 saturated carbocycles. The number of para-hydroxylation sites is 1.